The van der Waals surface area contributed by atoms with E-state index < -0.39 is 12.0 Å². The van der Waals surface area contributed by atoms with Gasteiger partial charge in [-0.15, -0.1) is 0 Å². The molecule has 1 saturated heterocycles. The quantitative estimate of drug-likeness (QED) is 0.750. The molecular formula is C19H28N2O4. The van der Waals surface area contributed by atoms with Gasteiger partial charge in [0.25, 0.3) is 0 Å². The van der Waals surface area contributed by atoms with Crippen LogP contribution in [0.2, 0.25) is 0 Å². The molecule has 1 aromatic rings. The number of carbonyl (C=O) groups is 2. The zero-order valence-electron chi connectivity index (χ0n) is 15.0. The Morgan fingerprint density at radius 1 is 1.36 bits per heavy atom. The SMILES string of the molecule is CC[C@H](C)[C@H](NC(=O)CC1CN(Cc2ccccc2)CCO1)C(=O)O. The number of rotatable bonds is 8. The minimum atomic E-state index is -0.988. The first-order valence-corrected chi connectivity index (χ1v) is 8.89. The van der Waals surface area contributed by atoms with E-state index >= 15 is 0 Å². The van der Waals surface area contributed by atoms with E-state index in [4.69, 9.17) is 4.74 Å². The van der Waals surface area contributed by atoms with Gasteiger partial charge in [-0.05, 0) is 11.5 Å². The number of carboxylic acid groups (broad SMARTS) is 1. The Hall–Kier alpha value is -1.92. The van der Waals surface area contributed by atoms with E-state index in [0.29, 0.717) is 19.6 Å². The largest absolute Gasteiger partial charge is 0.480 e. The average Bonchev–Trinajstić information content (AvgIpc) is 2.60. The van der Waals surface area contributed by atoms with Gasteiger partial charge in [0.05, 0.1) is 19.1 Å². The van der Waals surface area contributed by atoms with Crippen molar-refractivity contribution in [2.75, 3.05) is 19.7 Å². The first-order valence-electron chi connectivity index (χ1n) is 8.89. The number of morpholine rings is 1. The summed E-state index contributed by atoms with van der Waals surface area (Å²) < 4.78 is 5.70. The van der Waals surface area contributed by atoms with Crippen LogP contribution in [0.15, 0.2) is 30.3 Å². The van der Waals surface area contributed by atoms with Crippen molar-refractivity contribution >= 4 is 11.9 Å². The van der Waals surface area contributed by atoms with Crippen molar-refractivity contribution in [1.29, 1.82) is 0 Å². The lowest BCUT2D eigenvalue weighted by Gasteiger charge is -2.33. The lowest BCUT2D eigenvalue weighted by atomic mass is 9.99. The predicted molar refractivity (Wildman–Crippen MR) is 95.1 cm³/mol. The molecule has 0 aromatic heterocycles. The van der Waals surface area contributed by atoms with Gasteiger partial charge >= 0.3 is 5.97 Å². The summed E-state index contributed by atoms with van der Waals surface area (Å²) in [6.45, 7) is 6.66. The van der Waals surface area contributed by atoms with E-state index in [1.165, 1.54) is 5.56 Å². The molecule has 3 atom stereocenters. The molecule has 1 amide bonds. The molecule has 1 aromatic carbocycles. The molecular weight excluding hydrogens is 320 g/mol. The van der Waals surface area contributed by atoms with Gasteiger partial charge in [-0.1, -0.05) is 50.6 Å². The number of carbonyl (C=O) groups excluding carboxylic acids is 1. The molecule has 0 saturated carbocycles. The number of hydrogen-bond donors (Lipinski definition) is 2. The van der Waals surface area contributed by atoms with Gasteiger partial charge < -0.3 is 15.2 Å². The fourth-order valence-electron chi connectivity index (χ4n) is 3.01. The van der Waals surface area contributed by atoms with Crippen LogP contribution in [0.4, 0.5) is 0 Å². The topological polar surface area (TPSA) is 78.9 Å². The Labute approximate surface area is 149 Å². The molecule has 1 heterocycles. The number of benzene rings is 1. The second-order valence-corrected chi connectivity index (χ2v) is 6.69. The number of ether oxygens (including phenoxy) is 1. The maximum absolute atomic E-state index is 12.2. The van der Waals surface area contributed by atoms with Crippen molar-refractivity contribution < 1.29 is 19.4 Å². The van der Waals surface area contributed by atoms with Crippen LogP contribution in [-0.2, 0) is 20.9 Å². The van der Waals surface area contributed by atoms with Crippen LogP contribution in [0.25, 0.3) is 0 Å². The fraction of sp³-hybridized carbons (Fsp3) is 0.579. The zero-order chi connectivity index (χ0) is 18.2. The van der Waals surface area contributed by atoms with E-state index in [1.807, 2.05) is 32.0 Å². The third-order valence-corrected chi connectivity index (χ3v) is 4.68. The Morgan fingerprint density at radius 3 is 2.72 bits per heavy atom. The molecule has 0 aliphatic carbocycles. The van der Waals surface area contributed by atoms with Crippen LogP contribution < -0.4 is 5.32 Å². The standard InChI is InChI=1S/C19H28N2O4/c1-3-14(2)18(19(23)24)20-17(22)11-16-13-21(9-10-25-16)12-15-7-5-4-6-8-15/h4-8,14,16,18H,3,9-13H2,1-2H3,(H,20,22)(H,23,24)/t14-,16?,18-/m0/s1. The minimum Gasteiger partial charge on any atom is -0.480 e. The molecule has 0 spiro atoms. The van der Waals surface area contributed by atoms with Crippen LogP contribution in [0.3, 0.4) is 0 Å². The molecule has 2 rings (SSSR count). The van der Waals surface area contributed by atoms with Gasteiger partial charge in [-0.25, -0.2) is 4.79 Å². The average molecular weight is 348 g/mol. The van der Waals surface area contributed by atoms with Crippen LogP contribution in [0.1, 0.15) is 32.3 Å². The Bertz CT molecular complexity index is 564. The van der Waals surface area contributed by atoms with Gasteiger partial charge in [0, 0.05) is 19.6 Å². The zero-order valence-corrected chi connectivity index (χ0v) is 15.0. The van der Waals surface area contributed by atoms with Crippen molar-refractivity contribution in [3.05, 3.63) is 35.9 Å². The van der Waals surface area contributed by atoms with Gasteiger partial charge in [0.2, 0.25) is 5.91 Å². The van der Waals surface area contributed by atoms with Crippen LogP contribution in [0.5, 0.6) is 0 Å². The molecule has 2 N–H and O–H groups in total. The summed E-state index contributed by atoms with van der Waals surface area (Å²) in [7, 11) is 0. The normalized spacial score (nSPS) is 20.6. The van der Waals surface area contributed by atoms with Crippen LogP contribution in [-0.4, -0.2) is 53.7 Å². The summed E-state index contributed by atoms with van der Waals surface area (Å²) in [4.78, 5) is 25.8. The first-order chi connectivity index (χ1) is 12.0. The summed E-state index contributed by atoms with van der Waals surface area (Å²) >= 11 is 0. The highest BCUT2D eigenvalue weighted by atomic mass is 16.5. The second-order valence-electron chi connectivity index (χ2n) is 6.69. The maximum Gasteiger partial charge on any atom is 0.326 e. The number of nitrogens with one attached hydrogen (secondary N) is 1. The minimum absolute atomic E-state index is 0.108. The fourth-order valence-corrected chi connectivity index (χ4v) is 3.01. The van der Waals surface area contributed by atoms with E-state index in [1.54, 1.807) is 0 Å². The molecule has 1 unspecified atom stereocenters. The smallest absolute Gasteiger partial charge is 0.326 e. The third kappa shape index (κ3) is 6.14. The molecule has 25 heavy (non-hydrogen) atoms. The van der Waals surface area contributed by atoms with Crippen molar-refractivity contribution in [3.8, 4) is 0 Å². The van der Waals surface area contributed by atoms with E-state index in [2.05, 4.69) is 22.3 Å². The number of aliphatic carboxylic acids is 1. The molecule has 6 heteroatoms. The number of nitrogens with zero attached hydrogens (tertiary/aromatic N) is 1. The third-order valence-electron chi connectivity index (χ3n) is 4.68. The van der Waals surface area contributed by atoms with Gasteiger partial charge in [0.1, 0.15) is 6.04 Å². The summed E-state index contributed by atoms with van der Waals surface area (Å²) in [5.41, 5.74) is 1.23. The predicted octanol–water partition coefficient (Wildman–Crippen LogP) is 1.89. The Balaban J connectivity index is 1.84. The summed E-state index contributed by atoms with van der Waals surface area (Å²) in [5, 5.41) is 11.9. The Kier molecular flexibility index (Phi) is 7.40. The van der Waals surface area contributed by atoms with Crippen molar-refractivity contribution in [3.63, 3.8) is 0 Å². The van der Waals surface area contributed by atoms with Gasteiger partial charge in [-0.2, -0.15) is 0 Å². The van der Waals surface area contributed by atoms with Gasteiger partial charge in [-0.3, -0.25) is 9.69 Å². The lowest BCUT2D eigenvalue weighted by molar-refractivity contribution is -0.144. The van der Waals surface area contributed by atoms with Crippen LogP contribution >= 0.6 is 0 Å². The van der Waals surface area contributed by atoms with E-state index in [-0.39, 0.29) is 24.3 Å². The van der Waals surface area contributed by atoms with Gasteiger partial charge in [0.15, 0.2) is 0 Å². The van der Waals surface area contributed by atoms with Crippen molar-refractivity contribution in [2.24, 2.45) is 5.92 Å². The Morgan fingerprint density at radius 2 is 2.08 bits per heavy atom. The number of hydrogen-bond acceptors (Lipinski definition) is 4. The highest BCUT2D eigenvalue weighted by Crippen LogP contribution is 2.14. The molecule has 1 fully saturated rings. The second kappa shape index (κ2) is 9.53. The first kappa shape index (κ1) is 19.4. The lowest BCUT2D eigenvalue weighted by Crippen LogP contribution is -2.48. The van der Waals surface area contributed by atoms with Crippen LogP contribution in [0, 0.1) is 5.92 Å². The van der Waals surface area contributed by atoms with E-state index in [9.17, 15) is 14.7 Å². The molecule has 0 radical (unpaired) electrons. The molecule has 0 bridgehead atoms. The molecule has 1 aliphatic rings. The number of amides is 1. The molecule has 6 nitrogen and oxygen atoms in total. The van der Waals surface area contributed by atoms with E-state index in [0.717, 1.165) is 13.1 Å². The highest BCUT2D eigenvalue weighted by molar-refractivity contribution is 5.84. The summed E-state index contributed by atoms with van der Waals surface area (Å²) in [5.74, 6) is -1.36. The summed E-state index contributed by atoms with van der Waals surface area (Å²) in [6, 6.07) is 9.35. The number of carboxylic acids is 1. The highest BCUT2D eigenvalue weighted by Gasteiger charge is 2.28. The molecule has 1 aliphatic heterocycles. The summed E-state index contributed by atoms with van der Waals surface area (Å²) in [6.07, 6.45) is 0.678. The maximum atomic E-state index is 12.2. The van der Waals surface area contributed by atoms with Crippen molar-refractivity contribution in [1.82, 2.24) is 10.2 Å². The van der Waals surface area contributed by atoms with Crippen molar-refractivity contribution in [2.45, 2.75) is 45.4 Å². The molecule has 138 valence electrons. The monoisotopic (exact) mass is 348 g/mol.